The highest BCUT2D eigenvalue weighted by molar-refractivity contribution is 7.98. The van der Waals surface area contributed by atoms with Crippen LogP contribution < -0.4 is 0 Å². The monoisotopic (exact) mass is 235 g/mol. The average Bonchev–Trinajstić information content (AvgIpc) is 2.15. The molecule has 4 heteroatoms. The van der Waals surface area contributed by atoms with Gasteiger partial charge in [0.1, 0.15) is 0 Å². The van der Waals surface area contributed by atoms with Gasteiger partial charge >= 0.3 is 0 Å². The minimum Gasteiger partial charge on any atom is -0.263 e. The molecular formula is C9H11Cl2NS. The molecule has 1 heterocycles. The Hall–Kier alpha value is 0.0800. The third-order valence-electron chi connectivity index (χ3n) is 1.54. The van der Waals surface area contributed by atoms with Crippen molar-refractivity contribution in [3.8, 4) is 0 Å². The maximum Gasteiger partial charge on any atom is 0.0629 e. The van der Waals surface area contributed by atoms with Crippen molar-refractivity contribution in [3.05, 3.63) is 29.0 Å². The van der Waals surface area contributed by atoms with E-state index in [0.717, 1.165) is 34.4 Å². The number of nitrogens with zero attached hydrogens (tertiary/aromatic N) is 1. The molecule has 0 unspecified atom stereocenters. The number of aromatic nitrogens is 1. The van der Waals surface area contributed by atoms with Gasteiger partial charge in [-0.1, -0.05) is 11.6 Å². The zero-order valence-corrected chi connectivity index (χ0v) is 9.50. The predicted molar refractivity (Wildman–Crippen MR) is 60.7 cm³/mol. The maximum absolute atomic E-state index is 5.94. The molecule has 1 aromatic heterocycles. The molecule has 0 radical (unpaired) electrons. The first kappa shape index (κ1) is 11.2. The van der Waals surface area contributed by atoms with Gasteiger partial charge in [0, 0.05) is 24.0 Å². The Morgan fingerprint density at radius 3 is 3.00 bits per heavy atom. The molecule has 0 bridgehead atoms. The predicted octanol–water partition coefficient (Wildman–Crippen LogP) is 3.60. The fourth-order valence-corrected chi connectivity index (χ4v) is 2.38. The van der Waals surface area contributed by atoms with Crippen LogP contribution in [0.3, 0.4) is 0 Å². The van der Waals surface area contributed by atoms with Crippen LogP contribution in [0.4, 0.5) is 0 Å². The second-order valence-corrected chi connectivity index (χ2v) is 4.45. The summed E-state index contributed by atoms with van der Waals surface area (Å²) in [5.41, 5.74) is 1.15. The summed E-state index contributed by atoms with van der Waals surface area (Å²) < 4.78 is 0. The quantitative estimate of drug-likeness (QED) is 0.572. The molecule has 1 nitrogen and oxygen atoms in total. The van der Waals surface area contributed by atoms with Gasteiger partial charge in [-0.25, -0.2) is 0 Å². The first-order chi connectivity index (χ1) is 6.34. The summed E-state index contributed by atoms with van der Waals surface area (Å²) in [6, 6.07) is 1.95. The number of thioether (sulfide) groups is 1. The smallest absolute Gasteiger partial charge is 0.0629 e. The molecule has 1 aromatic rings. The summed E-state index contributed by atoms with van der Waals surface area (Å²) in [5.74, 6) is 2.76. The van der Waals surface area contributed by atoms with Gasteiger partial charge in [0.2, 0.25) is 0 Å². The minimum absolute atomic E-state index is 0.733. The number of hydrogen-bond donors (Lipinski definition) is 0. The fraction of sp³-hybridized carbons (Fsp3) is 0.444. The third kappa shape index (κ3) is 4.21. The summed E-state index contributed by atoms with van der Waals surface area (Å²) in [6.45, 7) is 0. The van der Waals surface area contributed by atoms with E-state index < -0.39 is 0 Å². The molecule has 0 saturated heterocycles. The van der Waals surface area contributed by atoms with Crippen molar-refractivity contribution in [2.45, 2.75) is 12.2 Å². The normalized spacial score (nSPS) is 10.3. The van der Waals surface area contributed by atoms with E-state index in [-0.39, 0.29) is 0 Å². The Balaban J connectivity index is 2.32. The van der Waals surface area contributed by atoms with E-state index in [1.165, 1.54) is 0 Å². The van der Waals surface area contributed by atoms with Gasteiger partial charge in [-0.2, -0.15) is 11.8 Å². The largest absolute Gasteiger partial charge is 0.263 e. The molecule has 0 amide bonds. The average molecular weight is 236 g/mol. The lowest BCUT2D eigenvalue weighted by molar-refractivity contribution is 1.11. The molecule has 0 atom stereocenters. The topological polar surface area (TPSA) is 12.9 Å². The van der Waals surface area contributed by atoms with Gasteiger partial charge in [0.05, 0.1) is 5.02 Å². The molecule has 0 N–H and O–H groups in total. The zero-order valence-electron chi connectivity index (χ0n) is 7.17. The molecule has 0 spiro atoms. The first-order valence-electron chi connectivity index (χ1n) is 4.06. The van der Waals surface area contributed by atoms with E-state index >= 15 is 0 Å². The Bertz CT molecular complexity index is 255. The summed E-state index contributed by atoms with van der Waals surface area (Å²) >= 11 is 13.3. The van der Waals surface area contributed by atoms with Crippen molar-refractivity contribution in [2.75, 3.05) is 11.6 Å². The Morgan fingerprint density at radius 2 is 2.31 bits per heavy atom. The number of halogens is 2. The molecule has 0 aliphatic rings. The van der Waals surface area contributed by atoms with Gasteiger partial charge in [-0.05, 0) is 23.8 Å². The second kappa shape index (κ2) is 6.52. The third-order valence-corrected chi connectivity index (χ3v) is 3.24. The van der Waals surface area contributed by atoms with Crippen molar-refractivity contribution < 1.29 is 0 Å². The molecule has 0 saturated carbocycles. The highest BCUT2D eigenvalue weighted by Crippen LogP contribution is 2.19. The zero-order chi connectivity index (χ0) is 9.52. The SMILES string of the molecule is ClCCCSCc1ccncc1Cl. The molecular weight excluding hydrogens is 225 g/mol. The van der Waals surface area contributed by atoms with E-state index in [4.69, 9.17) is 23.2 Å². The Kier molecular flexibility index (Phi) is 5.60. The lowest BCUT2D eigenvalue weighted by atomic mass is 10.3. The van der Waals surface area contributed by atoms with Gasteiger partial charge < -0.3 is 0 Å². The van der Waals surface area contributed by atoms with E-state index in [0.29, 0.717) is 0 Å². The lowest BCUT2D eigenvalue weighted by Crippen LogP contribution is -1.86. The first-order valence-corrected chi connectivity index (χ1v) is 6.13. The summed E-state index contributed by atoms with van der Waals surface area (Å²) in [7, 11) is 0. The Labute approximate surface area is 92.8 Å². The van der Waals surface area contributed by atoms with Crippen LogP contribution in [0.25, 0.3) is 0 Å². The Morgan fingerprint density at radius 1 is 1.46 bits per heavy atom. The van der Waals surface area contributed by atoms with Crippen LogP contribution in [0, 0.1) is 0 Å². The highest BCUT2D eigenvalue weighted by Gasteiger charge is 1.98. The number of pyridine rings is 1. The summed E-state index contributed by atoms with van der Waals surface area (Å²) in [6.07, 6.45) is 4.50. The van der Waals surface area contributed by atoms with Crippen LogP contribution in [-0.4, -0.2) is 16.6 Å². The lowest BCUT2D eigenvalue weighted by Gasteiger charge is -2.02. The number of hydrogen-bond acceptors (Lipinski definition) is 2. The fourth-order valence-electron chi connectivity index (χ4n) is 0.860. The van der Waals surface area contributed by atoms with Crippen LogP contribution in [0.15, 0.2) is 18.5 Å². The van der Waals surface area contributed by atoms with Crippen LogP contribution in [0.5, 0.6) is 0 Å². The van der Waals surface area contributed by atoms with Crippen molar-refractivity contribution in [1.82, 2.24) is 4.98 Å². The molecule has 13 heavy (non-hydrogen) atoms. The second-order valence-electron chi connectivity index (χ2n) is 2.56. The van der Waals surface area contributed by atoms with Crippen LogP contribution in [-0.2, 0) is 5.75 Å². The van der Waals surface area contributed by atoms with Crippen molar-refractivity contribution in [1.29, 1.82) is 0 Å². The number of alkyl halides is 1. The van der Waals surface area contributed by atoms with Crippen molar-refractivity contribution >= 4 is 35.0 Å². The summed E-state index contributed by atoms with van der Waals surface area (Å²) in [5, 5.41) is 0.751. The van der Waals surface area contributed by atoms with Crippen LogP contribution in [0.1, 0.15) is 12.0 Å². The van der Waals surface area contributed by atoms with Crippen LogP contribution in [0.2, 0.25) is 5.02 Å². The molecule has 0 aromatic carbocycles. The van der Waals surface area contributed by atoms with E-state index in [1.54, 1.807) is 12.4 Å². The van der Waals surface area contributed by atoms with Gasteiger partial charge in [-0.3, -0.25) is 4.98 Å². The molecule has 72 valence electrons. The number of rotatable bonds is 5. The van der Waals surface area contributed by atoms with Crippen molar-refractivity contribution in [2.24, 2.45) is 0 Å². The molecule has 0 aliphatic carbocycles. The molecule has 0 aliphatic heterocycles. The minimum atomic E-state index is 0.733. The molecule has 1 rings (SSSR count). The van der Waals surface area contributed by atoms with Gasteiger partial charge in [-0.15, -0.1) is 11.6 Å². The van der Waals surface area contributed by atoms with E-state index in [9.17, 15) is 0 Å². The van der Waals surface area contributed by atoms with Gasteiger partial charge in [0.25, 0.3) is 0 Å². The van der Waals surface area contributed by atoms with Crippen molar-refractivity contribution in [3.63, 3.8) is 0 Å². The molecule has 0 fully saturated rings. The van der Waals surface area contributed by atoms with Crippen LogP contribution >= 0.6 is 35.0 Å². The highest BCUT2D eigenvalue weighted by atomic mass is 35.5. The maximum atomic E-state index is 5.94. The van der Waals surface area contributed by atoms with E-state index in [1.807, 2.05) is 17.8 Å². The van der Waals surface area contributed by atoms with Gasteiger partial charge in [0.15, 0.2) is 0 Å². The summed E-state index contributed by atoms with van der Waals surface area (Å²) in [4.78, 5) is 3.93. The van der Waals surface area contributed by atoms with E-state index in [2.05, 4.69) is 4.98 Å². The standard InChI is InChI=1S/C9H11Cl2NS/c10-3-1-5-13-7-8-2-4-12-6-9(8)11/h2,4,6H,1,3,5,7H2.